The lowest BCUT2D eigenvalue weighted by Crippen LogP contribution is -2.49. The molecule has 0 aromatic heterocycles. The molecule has 3 N–H and O–H groups in total. The van der Waals surface area contributed by atoms with Crippen LogP contribution in [0.3, 0.4) is 0 Å². The van der Waals surface area contributed by atoms with Crippen LogP contribution in [0.25, 0.3) is 11.4 Å². The summed E-state index contributed by atoms with van der Waals surface area (Å²) in [6, 6.07) is 14.5. The molecule has 1 fully saturated rings. The van der Waals surface area contributed by atoms with E-state index in [9.17, 15) is 14.4 Å². The van der Waals surface area contributed by atoms with Crippen molar-refractivity contribution in [3.8, 4) is 0 Å². The van der Waals surface area contributed by atoms with Crippen LogP contribution in [-0.2, 0) is 0 Å². The number of nitrogens with zero attached hydrogens (tertiary/aromatic N) is 2. The Labute approximate surface area is 186 Å². The fourth-order valence-corrected chi connectivity index (χ4v) is 4.57. The first kappa shape index (κ1) is 21.6. The maximum absolute atomic E-state index is 11.7. The molecule has 0 saturated carbocycles. The highest BCUT2D eigenvalue weighted by Gasteiger charge is 2.37. The number of carbonyl (C=O) groups is 3. The highest BCUT2D eigenvalue weighted by molar-refractivity contribution is 5.92. The number of aldehydes is 2. The number of benzene rings is 2. The fourth-order valence-electron chi connectivity index (χ4n) is 4.57. The first-order valence-electron chi connectivity index (χ1n) is 10.6. The summed E-state index contributed by atoms with van der Waals surface area (Å²) in [5.41, 5.74) is 6.87. The second kappa shape index (κ2) is 9.23. The first-order valence-corrected chi connectivity index (χ1v) is 10.6. The van der Waals surface area contributed by atoms with E-state index in [2.05, 4.69) is 10.2 Å². The van der Waals surface area contributed by atoms with Crippen molar-refractivity contribution in [3.05, 3.63) is 70.8 Å². The summed E-state index contributed by atoms with van der Waals surface area (Å²) in [6.45, 7) is 1.13. The topological polar surface area (TPSA) is 102 Å². The van der Waals surface area contributed by atoms with Gasteiger partial charge in [-0.15, -0.1) is 0 Å². The monoisotopic (exact) mass is 434 g/mol. The number of piperidine rings is 1. The van der Waals surface area contributed by atoms with Gasteiger partial charge in [0.1, 0.15) is 18.7 Å². The van der Waals surface area contributed by atoms with Crippen LogP contribution in [-0.4, -0.2) is 59.9 Å². The summed E-state index contributed by atoms with van der Waals surface area (Å²) in [4.78, 5) is 37.7. The first-order chi connectivity index (χ1) is 15.5. The zero-order valence-corrected chi connectivity index (χ0v) is 17.8. The maximum Gasteiger partial charge on any atom is 0.341 e. The summed E-state index contributed by atoms with van der Waals surface area (Å²) < 4.78 is 0. The Kier molecular flexibility index (Phi) is 6.23. The molecule has 0 aliphatic carbocycles. The van der Waals surface area contributed by atoms with Gasteiger partial charge in [0.05, 0.1) is 11.4 Å². The third-order valence-electron chi connectivity index (χ3n) is 6.32. The number of carbonyl (C=O) groups excluding carboxylic acids is 3. The largest absolute Gasteiger partial charge is 0.363 e. The van der Waals surface area contributed by atoms with Crippen molar-refractivity contribution >= 4 is 30.0 Å². The molecular formula is C24H26N4O4. The lowest BCUT2D eigenvalue weighted by atomic mass is 9.93. The highest BCUT2D eigenvalue weighted by atomic mass is 16.5. The Morgan fingerprint density at radius 1 is 0.969 bits per heavy atom. The average molecular weight is 434 g/mol. The minimum absolute atomic E-state index is 0.0239. The molecule has 8 heteroatoms. The van der Waals surface area contributed by atoms with Crippen LogP contribution in [0.15, 0.2) is 48.5 Å². The Bertz CT molecular complexity index is 1020. The molecule has 1 saturated heterocycles. The third kappa shape index (κ3) is 4.09. The van der Waals surface area contributed by atoms with Crippen LogP contribution in [0.1, 0.15) is 44.7 Å². The number of urea groups is 1. The van der Waals surface area contributed by atoms with E-state index in [-0.39, 0.29) is 6.17 Å². The average Bonchev–Trinajstić information content (AvgIpc) is 3.20. The van der Waals surface area contributed by atoms with Crippen LogP contribution in [0.4, 0.5) is 4.79 Å². The number of hydrogen-bond donors (Lipinski definition) is 3. The molecule has 2 amide bonds. The Morgan fingerprint density at radius 3 is 2.00 bits per heavy atom. The van der Waals surface area contributed by atoms with Crippen LogP contribution >= 0.6 is 0 Å². The summed E-state index contributed by atoms with van der Waals surface area (Å²) in [7, 11) is 2.04. The van der Waals surface area contributed by atoms with Crippen molar-refractivity contribution in [2.75, 3.05) is 20.1 Å². The molecule has 166 valence electrons. The predicted octanol–water partition coefficient (Wildman–Crippen LogP) is 2.81. The van der Waals surface area contributed by atoms with Gasteiger partial charge < -0.3 is 15.1 Å². The van der Waals surface area contributed by atoms with E-state index >= 15 is 0 Å². The summed E-state index contributed by atoms with van der Waals surface area (Å²) in [5.74, 6) is 0.290. The van der Waals surface area contributed by atoms with Crippen LogP contribution < -0.4 is 10.8 Å². The van der Waals surface area contributed by atoms with Gasteiger partial charge in [-0.3, -0.25) is 14.8 Å². The Balaban J connectivity index is 1.64. The van der Waals surface area contributed by atoms with Gasteiger partial charge in [0.2, 0.25) is 0 Å². The lowest BCUT2D eigenvalue weighted by Gasteiger charge is -2.38. The van der Waals surface area contributed by atoms with E-state index in [1.54, 1.807) is 34.6 Å². The maximum atomic E-state index is 11.7. The van der Waals surface area contributed by atoms with Crippen LogP contribution in [0, 0.1) is 5.92 Å². The number of hydroxylamine groups is 1. The van der Waals surface area contributed by atoms with Crippen molar-refractivity contribution < 1.29 is 19.6 Å². The van der Waals surface area contributed by atoms with E-state index < -0.39 is 6.03 Å². The Morgan fingerprint density at radius 2 is 1.50 bits per heavy atom. The van der Waals surface area contributed by atoms with E-state index in [1.165, 1.54) is 0 Å². The van der Waals surface area contributed by atoms with Crippen molar-refractivity contribution in [2.45, 2.75) is 19.0 Å². The minimum Gasteiger partial charge on any atom is -0.363 e. The third-order valence-corrected chi connectivity index (χ3v) is 6.32. The molecule has 0 radical (unpaired) electrons. The molecule has 0 spiro atoms. The number of likely N-dealkylation sites (tertiary alicyclic amines) is 1. The van der Waals surface area contributed by atoms with Crippen molar-refractivity contribution in [2.24, 2.45) is 5.92 Å². The summed E-state index contributed by atoms with van der Waals surface area (Å²) in [5, 5.41) is 12.6. The van der Waals surface area contributed by atoms with Gasteiger partial charge in [-0.2, -0.15) is 0 Å². The number of nitrogens with one attached hydrogen (secondary N) is 2. The molecule has 2 aromatic rings. The van der Waals surface area contributed by atoms with Crippen LogP contribution in [0.2, 0.25) is 0 Å². The zero-order valence-electron chi connectivity index (χ0n) is 17.8. The van der Waals surface area contributed by atoms with Gasteiger partial charge in [-0.25, -0.2) is 10.3 Å². The van der Waals surface area contributed by atoms with Gasteiger partial charge in [0.25, 0.3) is 0 Å². The van der Waals surface area contributed by atoms with Crippen molar-refractivity contribution in [3.63, 3.8) is 0 Å². The predicted molar refractivity (Wildman–Crippen MR) is 120 cm³/mol. The number of hydrogen-bond acceptors (Lipinski definition) is 6. The van der Waals surface area contributed by atoms with Crippen LogP contribution in [0.5, 0.6) is 0 Å². The normalized spacial score (nSPS) is 19.0. The minimum atomic E-state index is -0.471. The zero-order chi connectivity index (χ0) is 22.7. The molecule has 2 heterocycles. The van der Waals surface area contributed by atoms with Crippen molar-refractivity contribution in [1.29, 1.82) is 0 Å². The molecule has 8 nitrogen and oxygen atoms in total. The standard InChI is InChI=1S/C24H26N4O4/c1-27-22(19-8-4-17(15-30)5-9-19)21(18-6-2-16(14-29)3-7-18)25-23(27)20-10-12-28(13-11-20)24(31)26-32/h2-9,14-15,20,23,25,32H,10-13H2,1H3,(H,26,31)/t23-/m1/s1. The van der Waals surface area contributed by atoms with E-state index in [4.69, 9.17) is 5.21 Å². The van der Waals surface area contributed by atoms with Gasteiger partial charge in [-0.05, 0) is 18.4 Å². The molecule has 0 bridgehead atoms. The molecule has 1 atom stereocenters. The molecule has 2 aliphatic heterocycles. The Hall–Kier alpha value is -3.65. The SMILES string of the molecule is CN1C(c2ccc(C=O)cc2)=C(c2ccc(C=O)cc2)N[C@H]1C1CCN(C(=O)NO)CC1. The second-order valence-electron chi connectivity index (χ2n) is 8.14. The smallest absolute Gasteiger partial charge is 0.341 e. The summed E-state index contributed by atoms with van der Waals surface area (Å²) in [6.07, 6.45) is 3.27. The lowest BCUT2D eigenvalue weighted by molar-refractivity contribution is 0.101. The molecule has 0 unspecified atom stereocenters. The van der Waals surface area contributed by atoms with Gasteiger partial charge in [0, 0.05) is 42.7 Å². The number of rotatable bonds is 5. The quantitative estimate of drug-likeness (QED) is 0.380. The van der Waals surface area contributed by atoms with E-state index in [1.807, 2.05) is 31.3 Å². The highest BCUT2D eigenvalue weighted by Crippen LogP contribution is 2.38. The second-order valence-corrected chi connectivity index (χ2v) is 8.14. The molecular weight excluding hydrogens is 408 g/mol. The van der Waals surface area contributed by atoms with Gasteiger partial charge in [-0.1, -0.05) is 48.5 Å². The molecule has 4 rings (SSSR count). The fraction of sp³-hybridized carbons (Fsp3) is 0.292. The molecule has 2 aliphatic rings. The van der Waals surface area contributed by atoms with E-state index in [0.717, 1.165) is 47.9 Å². The molecule has 32 heavy (non-hydrogen) atoms. The number of amides is 2. The summed E-state index contributed by atoms with van der Waals surface area (Å²) >= 11 is 0. The van der Waals surface area contributed by atoms with E-state index in [0.29, 0.717) is 30.1 Å². The molecule has 2 aromatic carbocycles. The van der Waals surface area contributed by atoms with Gasteiger partial charge >= 0.3 is 6.03 Å². The van der Waals surface area contributed by atoms with Gasteiger partial charge in [0.15, 0.2) is 0 Å². The van der Waals surface area contributed by atoms with Crippen molar-refractivity contribution in [1.82, 2.24) is 20.6 Å².